The van der Waals surface area contributed by atoms with Crippen LogP contribution in [0.1, 0.15) is 31.9 Å². The number of hydrogen-bond donors (Lipinski definition) is 2. The maximum absolute atomic E-state index is 13.1. The summed E-state index contributed by atoms with van der Waals surface area (Å²) in [6.07, 6.45) is 0.423. The van der Waals surface area contributed by atoms with Gasteiger partial charge in [0.15, 0.2) is 0 Å². The molecule has 0 saturated heterocycles. The average Bonchev–Trinajstić information content (AvgIpc) is 2.71. The lowest BCUT2D eigenvalue weighted by molar-refractivity contribution is -0.119. The summed E-state index contributed by atoms with van der Waals surface area (Å²) in [7, 11) is 1.55. The Bertz CT molecular complexity index is 1150. The zero-order valence-corrected chi connectivity index (χ0v) is 17.5. The van der Waals surface area contributed by atoms with Gasteiger partial charge >= 0.3 is 0 Å². The highest BCUT2D eigenvalue weighted by atomic mass is 16.5. The first-order chi connectivity index (χ1) is 14.3. The van der Waals surface area contributed by atoms with Crippen molar-refractivity contribution in [2.45, 2.75) is 33.2 Å². The van der Waals surface area contributed by atoms with E-state index >= 15 is 0 Å². The Kier molecular flexibility index (Phi) is 6.20. The Balaban J connectivity index is 2.00. The van der Waals surface area contributed by atoms with Crippen molar-refractivity contribution in [2.75, 3.05) is 17.7 Å². The lowest BCUT2D eigenvalue weighted by atomic mass is 10.1. The number of anilines is 2. The Morgan fingerprint density at radius 2 is 1.70 bits per heavy atom. The Morgan fingerprint density at radius 3 is 2.27 bits per heavy atom. The van der Waals surface area contributed by atoms with Crippen molar-refractivity contribution in [3.8, 4) is 5.75 Å². The molecule has 30 heavy (non-hydrogen) atoms. The largest absolute Gasteiger partial charge is 0.495 e. The van der Waals surface area contributed by atoms with Gasteiger partial charge in [-0.1, -0.05) is 19.1 Å². The van der Waals surface area contributed by atoms with Gasteiger partial charge in [-0.25, -0.2) is 0 Å². The SMILES string of the molecule is CCC(C(=O)Nc1ccc(NC(C)=O)cc1)n1c(=O)cc(C)c2cccc(OC)c21. The zero-order chi connectivity index (χ0) is 21.8. The highest BCUT2D eigenvalue weighted by molar-refractivity contribution is 5.96. The molecule has 0 bridgehead atoms. The van der Waals surface area contributed by atoms with E-state index in [-0.39, 0.29) is 17.4 Å². The first-order valence-corrected chi connectivity index (χ1v) is 9.73. The Hall–Kier alpha value is -3.61. The number of carbonyl (C=O) groups excluding carboxylic acids is 2. The predicted octanol–water partition coefficient (Wildman–Crippen LogP) is 3.87. The molecular weight excluding hydrogens is 382 g/mol. The predicted molar refractivity (Wildman–Crippen MR) is 118 cm³/mol. The number of nitrogens with one attached hydrogen (secondary N) is 2. The third kappa shape index (κ3) is 4.20. The van der Waals surface area contributed by atoms with Crippen molar-refractivity contribution in [3.63, 3.8) is 0 Å². The molecule has 1 unspecified atom stereocenters. The fourth-order valence-electron chi connectivity index (χ4n) is 3.56. The van der Waals surface area contributed by atoms with Crippen molar-refractivity contribution in [1.29, 1.82) is 0 Å². The summed E-state index contributed by atoms with van der Waals surface area (Å²) < 4.78 is 6.99. The Labute approximate surface area is 174 Å². The number of pyridine rings is 1. The minimum absolute atomic E-state index is 0.169. The molecule has 0 aliphatic rings. The third-order valence-electron chi connectivity index (χ3n) is 4.94. The van der Waals surface area contributed by atoms with E-state index in [9.17, 15) is 14.4 Å². The Morgan fingerprint density at radius 1 is 1.07 bits per heavy atom. The normalized spacial score (nSPS) is 11.7. The molecule has 2 aromatic carbocycles. The molecule has 1 atom stereocenters. The van der Waals surface area contributed by atoms with Crippen LogP contribution in [0.4, 0.5) is 11.4 Å². The van der Waals surface area contributed by atoms with Crippen LogP contribution in [-0.4, -0.2) is 23.5 Å². The number of nitrogens with zero attached hydrogens (tertiary/aromatic N) is 1. The van der Waals surface area contributed by atoms with Gasteiger partial charge in [-0.05, 0) is 49.2 Å². The van der Waals surface area contributed by atoms with Gasteiger partial charge in [0.05, 0.1) is 12.6 Å². The molecular formula is C23H25N3O4. The van der Waals surface area contributed by atoms with Crippen LogP contribution in [0.3, 0.4) is 0 Å². The van der Waals surface area contributed by atoms with Gasteiger partial charge in [0.1, 0.15) is 11.8 Å². The number of para-hydroxylation sites is 1. The smallest absolute Gasteiger partial charge is 0.252 e. The minimum atomic E-state index is -0.716. The summed E-state index contributed by atoms with van der Waals surface area (Å²) in [5.74, 6) is 0.0690. The maximum Gasteiger partial charge on any atom is 0.252 e. The van der Waals surface area contributed by atoms with Crippen molar-refractivity contribution in [3.05, 3.63) is 64.4 Å². The highest BCUT2D eigenvalue weighted by Gasteiger charge is 2.24. The molecule has 7 heteroatoms. The van der Waals surface area contributed by atoms with Gasteiger partial charge < -0.3 is 15.4 Å². The second kappa shape index (κ2) is 8.82. The number of amides is 2. The van der Waals surface area contributed by atoms with Crippen molar-refractivity contribution >= 4 is 34.1 Å². The highest BCUT2D eigenvalue weighted by Crippen LogP contribution is 2.29. The van der Waals surface area contributed by atoms with E-state index in [4.69, 9.17) is 4.74 Å². The average molecular weight is 407 g/mol. The lowest BCUT2D eigenvalue weighted by Crippen LogP contribution is -2.33. The van der Waals surface area contributed by atoms with Gasteiger partial charge in [-0.2, -0.15) is 0 Å². The van der Waals surface area contributed by atoms with Gasteiger partial charge in [-0.15, -0.1) is 0 Å². The molecule has 1 aromatic heterocycles. The number of fused-ring (bicyclic) bond motifs is 1. The van der Waals surface area contributed by atoms with E-state index in [0.29, 0.717) is 29.1 Å². The third-order valence-corrected chi connectivity index (χ3v) is 4.94. The molecule has 2 N–H and O–H groups in total. The van der Waals surface area contributed by atoms with Gasteiger partial charge in [0.25, 0.3) is 5.56 Å². The molecule has 0 radical (unpaired) electrons. The number of benzene rings is 2. The van der Waals surface area contributed by atoms with Crippen molar-refractivity contribution in [1.82, 2.24) is 4.57 Å². The number of methoxy groups -OCH3 is 1. The molecule has 2 amide bonds. The lowest BCUT2D eigenvalue weighted by Gasteiger charge is -2.22. The van der Waals surface area contributed by atoms with Crippen LogP contribution in [-0.2, 0) is 9.59 Å². The monoisotopic (exact) mass is 407 g/mol. The zero-order valence-electron chi connectivity index (χ0n) is 17.5. The quantitative estimate of drug-likeness (QED) is 0.649. The number of aromatic nitrogens is 1. The molecule has 0 aliphatic heterocycles. The molecule has 0 spiro atoms. The fourth-order valence-corrected chi connectivity index (χ4v) is 3.56. The summed E-state index contributed by atoms with van der Waals surface area (Å²) in [6.45, 7) is 5.16. The van der Waals surface area contributed by atoms with E-state index in [1.807, 2.05) is 26.0 Å². The van der Waals surface area contributed by atoms with Gasteiger partial charge in [0, 0.05) is 29.8 Å². The summed E-state index contributed by atoms with van der Waals surface area (Å²) in [4.78, 5) is 37.2. The van der Waals surface area contributed by atoms with Crippen LogP contribution in [0.5, 0.6) is 5.75 Å². The van der Waals surface area contributed by atoms with Crippen LogP contribution in [0.15, 0.2) is 53.3 Å². The summed E-state index contributed by atoms with van der Waals surface area (Å²) in [6, 6.07) is 13.2. The molecule has 1 heterocycles. The van der Waals surface area contributed by atoms with Crippen molar-refractivity contribution < 1.29 is 14.3 Å². The molecule has 156 valence electrons. The standard InChI is InChI=1S/C23H25N3O4/c1-5-19(23(29)25-17-11-9-16(10-12-17)24-15(3)27)26-21(28)13-14(2)18-7-6-8-20(30-4)22(18)26/h6-13,19H,5H2,1-4H3,(H,24,27)(H,25,29). The van der Waals surface area contributed by atoms with Crippen LogP contribution >= 0.6 is 0 Å². The molecule has 0 aliphatic carbocycles. The van der Waals surface area contributed by atoms with E-state index in [1.165, 1.54) is 11.5 Å². The van der Waals surface area contributed by atoms with Crippen LogP contribution in [0.25, 0.3) is 10.9 Å². The van der Waals surface area contributed by atoms with Crippen molar-refractivity contribution in [2.24, 2.45) is 0 Å². The van der Waals surface area contributed by atoms with E-state index in [2.05, 4.69) is 10.6 Å². The van der Waals surface area contributed by atoms with Gasteiger partial charge in [0.2, 0.25) is 11.8 Å². The van der Waals surface area contributed by atoms with E-state index in [1.54, 1.807) is 43.5 Å². The van der Waals surface area contributed by atoms with Crippen LogP contribution in [0, 0.1) is 6.92 Å². The number of carbonyl (C=O) groups is 2. The number of hydrogen-bond acceptors (Lipinski definition) is 4. The van der Waals surface area contributed by atoms with Crippen LogP contribution < -0.4 is 20.9 Å². The van der Waals surface area contributed by atoms with E-state index < -0.39 is 6.04 Å². The first-order valence-electron chi connectivity index (χ1n) is 9.73. The topological polar surface area (TPSA) is 89.4 Å². The number of aryl methyl sites for hydroxylation is 1. The van der Waals surface area contributed by atoms with Gasteiger partial charge in [-0.3, -0.25) is 19.0 Å². The first kappa shape index (κ1) is 21.1. The molecule has 7 nitrogen and oxygen atoms in total. The minimum Gasteiger partial charge on any atom is -0.495 e. The van der Waals surface area contributed by atoms with E-state index in [0.717, 1.165) is 10.9 Å². The second-order valence-corrected chi connectivity index (χ2v) is 7.06. The summed E-state index contributed by atoms with van der Waals surface area (Å²) in [5, 5.41) is 6.40. The second-order valence-electron chi connectivity index (χ2n) is 7.06. The molecule has 0 saturated carbocycles. The maximum atomic E-state index is 13.1. The number of ether oxygens (including phenoxy) is 1. The number of rotatable bonds is 6. The summed E-state index contributed by atoms with van der Waals surface area (Å²) in [5.41, 5.74) is 2.39. The van der Waals surface area contributed by atoms with Crippen LogP contribution in [0.2, 0.25) is 0 Å². The molecule has 3 aromatic rings. The molecule has 3 rings (SSSR count). The molecule has 0 fully saturated rings. The fraction of sp³-hybridized carbons (Fsp3) is 0.261. The summed E-state index contributed by atoms with van der Waals surface area (Å²) >= 11 is 0.